The monoisotopic (exact) mass is 410 g/mol. The number of aromatic nitrogens is 1. The minimum Gasteiger partial charge on any atom is -0.347 e. The van der Waals surface area contributed by atoms with Crippen molar-refractivity contribution in [3.8, 4) is 10.4 Å². The standard InChI is InChI=1S/C20H26N2O3S.ClH/c1-3-15-12-17(14(2)21-19(15)23)18-16(4-11-26-18)13-22-7-5-20(6-8-22)24-9-10-25-20;/h4,11-12H,3,5-10,13H2,1-2H3,(H,21,23);1H. The number of piperidine rings is 1. The number of nitrogens with zero attached hydrogens (tertiary/aromatic N) is 1. The molecular weight excluding hydrogens is 384 g/mol. The van der Waals surface area contributed by atoms with Crippen molar-refractivity contribution < 1.29 is 9.47 Å². The van der Waals surface area contributed by atoms with E-state index in [1.165, 1.54) is 10.4 Å². The van der Waals surface area contributed by atoms with E-state index in [1.54, 1.807) is 11.3 Å². The summed E-state index contributed by atoms with van der Waals surface area (Å²) in [5, 5.41) is 2.15. The van der Waals surface area contributed by atoms with E-state index < -0.39 is 0 Å². The second-order valence-electron chi connectivity index (χ2n) is 7.17. The maximum Gasteiger partial charge on any atom is 0.251 e. The van der Waals surface area contributed by atoms with Gasteiger partial charge in [-0.25, -0.2) is 0 Å². The lowest BCUT2D eigenvalue weighted by Gasteiger charge is -2.37. The molecule has 0 amide bonds. The normalized spacial score (nSPS) is 19.3. The number of ether oxygens (including phenoxy) is 2. The Morgan fingerprint density at radius 3 is 2.59 bits per heavy atom. The first-order chi connectivity index (χ1) is 12.6. The minimum absolute atomic E-state index is 0. The average Bonchev–Trinajstić information content (AvgIpc) is 3.27. The maximum absolute atomic E-state index is 12.0. The molecule has 2 aromatic heterocycles. The second kappa shape index (κ2) is 8.45. The molecule has 0 unspecified atom stereocenters. The summed E-state index contributed by atoms with van der Waals surface area (Å²) in [6, 6.07) is 4.28. The first kappa shape index (κ1) is 20.6. The highest BCUT2D eigenvalue weighted by atomic mass is 35.5. The van der Waals surface area contributed by atoms with Gasteiger partial charge in [-0.15, -0.1) is 23.7 Å². The van der Waals surface area contributed by atoms with E-state index in [4.69, 9.17) is 9.47 Å². The third-order valence-electron chi connectivity index (χ3n) is 5.51. The van der Waals surface area contributed by atoms with Crippen LogP contribution < -0.4 is 5.56 Å². The molecule has 2 aliphatic rings. The number of hydrogen-bond donors (Lipinski definition) is 1. The van der Waals surface area contributed by atoms with Crippen LogP contribution in [0.5, 0.6) is 0 Å². The van der Waals surface area contributed by atoms with Gasteiger partial charge < -0.3 is 14.5 Å². The summed E-state index contributed by atoms with van der Waals surface area (Å²) in [4.78, 5) is 18.8. The Kier molecular flexibility index (Phi) is 6.43. The van der Waals surface area contributed by atoms with Gasteiger partial charge in [0.25, 0.3) is 5.56 Å². The summed E-state index contributed by atoms with van der Waals surface area (Å²) in [6.45, 7) is 8.35. The molecule has 0 aliphatic carbocycles. The number of nitrogens with one attached hydrogen (secondary N) is 1. The predicted molar refractivity (Wildman–Crippen MR) is 111 cm³/mol. The molecule has 4 heterocycles. The van der Waals surface area contributed by atoms with Gasteiger partial charge in [-0.05, 0) is 36.4 Å². The van der Waals surface area contributed by atoms with Gasteiger partial charge in [0.1, 0.15) is 0 Å². The molecule has 0 radical (unpaired) electrons. The molecule has 2 fully saturated rings. The number of likely N-dealkylation sites (tertiary alicyclic amines) is 1. The summed E-state index contributed by atoms with van der Waals surface area (Å²) in [5.41, 5.74) is 4.31. The van der Waals surface area contributed by atoms with E-state index in [1.807, 2.05) is 13.8 Å². The molecule has 27 heavy (non-hydrogen) atoms. The molecule has 2 saturated heterocycles. The summed E-state index contributed by atoms with van der Waals surface area (Å²) in [7, 11) is 0. The third-order valence-corrected chi connectivity index (χ3v) is 6.50. The molecule has 5 nitrogen and oxygen atoms in total. The smallest absolute Gasteiger partial charge is 0.251 e. The number of hydrogen-bond acceptors (Lipinski definition) is 5. The first-order valence-electron chi connectivity index (χ1n) is 9.40. The van der Waals surface area contributed by atoms with Gasteiger partial charge in [0.15, 0.2) is 5.79 Å². The van der Waals surface area contributed by atoms with Crippen LogP contribution in [-0.4, -0.2) is 42.0 Å². The molecule has 2 aromatic rings. The topological polar surface area (TPSA) is 54.6 Å². The molecule has 0 saturated carbocycles. The molecule has 2 aliphatic heterocycles. The number of aromatic amines is 1. The first-order valence-corrected chi connectivity index (χ1v) is 10.3. The SMILES string of the molecule is CCc1cc(-c2sccc2CN2CCC3(CC2)OCCO3)c(C)[nH]c1=O.Cl. The van der Waals surface area contributed by atoms with Crippen molar-refractivity contribution in [3.05, 3.63) is 44.7 Å². The van der Waals surface area contributed by atoms with Gasteiger partial charge in [-0.1, -0.05) is 6.92 Å². The van der Waals surface area contributed by atoms with Crippen LogP contribution in [0.25, 0.3) is 10.4 Å². The van der Waals surface area contributed by atoms with Crippen molar-refractivity contribution in [1.82, 2.24) is 9.88 Å². The lowest BCUT2D eigenvalue weighted by molar-refractivity contribution is -0.185. The largest absolute Gasteiger partial charge is 0.347 e. The zero-order valence-electron chi connectivity index (χ0n) is 15.9. The van der Waals surface area contributed by atoms with E-state index in [2.05, 4.69) is 27.4 Å². The van der Waals surface area contributed by atoms with Gasteiger partial charge in [0, 0.05) is 54.2 Å². The number of thiophene rings is 1. The lowest BCUT2D eigenvalue weighted by atomic mass is 10.0. The zero-order chi connectivity index (χ0) is 18.1. The molecular formula is C20H27ClN2O3S. The van der Waals surface area contributed by atoms with E-state index in [-0.39, 0.29) is 23.8 Å². The van der Waals surface area contributed by atoms with Crippen molar-refractivity contribution >= 4 is 23.7 Å². The minimum atomic E-state index is -0.320. The summed E-state index contributed by atoms with van der Waals surface area (Å²) in [6.07, 6.45) is 2.62. The van der Waals surface area contributed by atoms with Gasteiger partial charge in [-0.2, -0.15) is 0 Å². The number of halogens is 1. The van der Waals surface area contributed by atoms with Crippen LogP contribution in [-0.2, 0) is 22.4 Å². The maximum atomic E-state index is 12.0. The Hall–Kier alpha value is -1.18. The van der Waals surface area contributed by atoms with E-state index >= 15 is 0 Å². The van der Waals surface area contributed by atoms with Crippen molar-refractivity contribution in [2.24, 2.45) is 0 Å². The van der Waals surface area contributed by atoms with Crippen LogP contribution in [0, 0.1) is 6.92 Å². The Bertz CT molecular complexity index is 832. The number of rotatable bonds is 4. The Balaban J connectivity index is 0.00000210. The number of H-pyrrole nitrogens is 1. The molecule has 4 rings (SSSR count). The van der Waals surface area contributed by atoms with E-state index in [0.717, 1.165) is 68.9 Å². The van der Waals surface area contributed by atoms with Gasteiger partial charge in [-0.3, -0.25) is 9.69 Å². The highest BCUT2D eigenvalue weighted by Crippen LogP contribution is 2.35. The molecule has 0 aromatic carbocycles. The highest BCUT2D eigenvalue weighted by molar-refractivity contribution is 7.13. The van der Waals surface area contributed by atoms with Crippen LogP contribution in [0.2, 0.25) is 0 Å². The zero-order valence-corrected chi connectivity index (χ0v) is 17.5. The Morgan fingerprint density at radius 1 is 1.22 bits per heavy atom. The van der Waals surface area contributed by atoms with Crippen LogP contribution in [0.4, 0.5) is 0 Å². The van der Waals surface area contributed by atoms with Gasteiger partial charge in [0.05, 0.1) is 13.2 Å². The lowest BCUT2D eigenvalue weighted by Crippen LogP contribution is -2.44. The molecule has 0 atom stereocenters. The van der Waals surface area contributed by atoms with Crippen molar-refractivity contribution in [1.29, 1.82) is 0 Å². The fourth-order valence-electron chi connectivity index (χ4n) is 3.94. The fourth-order valence-corrected chi connectivity index (χ4v) is 4.93. The molecule has 148 valence electrons. The van der Waals surface area contributed by atoms with Crippen LogP contribution in [0.15, 0.2) is 22.3 Å². The number of pyridine rings is 1. The summed E-state index contributed by atoms with van der Waals surface area (Å²) >= 11 is 1.75. The average molecular weight is 411 g/mol. The molecule has 1 spiro atoms. The third kappa shape index (κ3) is 4.15. The van der Waals surface area contributed by atoms with Crippen LogP contribution >= 0.6 is 23.7 Å². The molecule has 0 bridgehead atoms. The van der Waals surface area contributed by atoms with Crippen molar-refractivity contribution in [2.75, 3.05) is 26.3 Å². The quantitative estimate of drug-likeness (QED) is 0.834. The van der Waals surface area contributed by atoms with E-state index in [0.29, 0.717) is 0 Å². The predicted octanol–water partition coefficient (Wildman–Crippen LogP) is 3.73. The second-order valence-corrected chi connectivity index (χ2v) is 8.09. The molecule has 7 heteroatoms. The Labute approximate surface area is 170 Å². The van der Waals surface area contributed by atoms with Crippen LogP contribution in [0.3, 0.4) is 0 Å². The van der Waals surface area contributed by atoms with Crippen LogP contribution in [0.1, 0.15) is 36.6 Å². The van der Waals surface area contributed by atoms with Gasteiger partial charge in [0.2, 0.25) is 0 Å². The number of aryl methyl sites for hydroxylation is 2. The highest BCUT2D eigenvalue weighted by Gasteiger charge is 2.39. The molecule has 1 N–H and O–H groups in total. The van der Waals surface area contributed by atoms with E-state index in [9.17, 15) is 4.79 Å². The van der Waals surface area contributed by atoms with Crippen molar-refractivity contribution in [3.63, 3.8) is 0 Å². The van der Waals surface area contributed by atoms with Crippen molar-refractivity contribution in [2.45, 2.75) is 45.4 Å². The van der Waals surface area contributed by atoms with Gasteiger partial charge >= 0.3 is 0 Å². The fraction of sp³-hybridized carbons (Fsp3) is 0.550. The Morgan fingerprint density at radius 2 is 1.93 bits per heavy atom. The summed E-state index contributed by atoms with van der Waals surface area (Å²) in [5.74, 6) is -0.320. The summed E-state index contributed by atoms with van der Waals surface area (Å²) < 4.78 is 11.7.